The fourth-order valence-electron chi connectivity index (χ4n) is 3.46. The van der Waals surface area contributed by atoms with Crippen molar-refractivity contribution in [1.82, 2.24) is 10.2 Å². The molecule has 1 N–H and O–H groups in total. The van der Waals surface area contributed by atoms with Crippen LogP contribution in [-0.4, -0.2) is 53.8 Å². The van der Waals surface area contributed by atoms with Crippen LogP contribution in [0.3, 0.4) is 0 Å². The van der Waals surface area contributed by atoms with Crippen LogP contribution in [-0.2, 0) is 14.3 Å². The molecule has 7 heteroatoms. The number of halogens is 1. The summed E-state index contributed by atoms with van der Waals surface area (Å²) in [5, 5.41) is 2.83. The summed E-state index contributed by atoms with van der Waals surface area (Å²) in [7, 11) is 0. The maximum absolute atomic E-state index is 13.0. The number of nitrogens with zero attached hydrogens (tertiary/aromatic N) is 1. The topological polar surface area (TPSA) is 75.7 Å². The molecule has 0 aromatic heterocycles. The van der Waals surface area contributed by atoms with E-state index < -0.39 is 12.1 Å². The number of nitrogens with one attached hydrogen (secondary N) is 1. The summed E-state index contributed by atoms with van der Waals surface area (Å²) in [6.45, 7) is 2.52. The molecule has 0 bridgehead atoms. The zero-order valence-corrected chi connectivity index (χ0v) is 15.6. The van der Waals surface area contributed by atoms with E-state index in [0.29, 0.717) is 24.9 Å². The van der Waals surface area contributed by atoms with Crippen molar-refractivity contribution in [1.29, 1.82) is 0 Å². The molecule has 3 atom stereocenters. The van der Waals surface area contributed by atoms with Crippen LogP contribution in [0.5, 0.6) is 0 Å². The van der Waals surface area contributed by atoms with E-state index in [4.69, 9.17) is 4.74 Å². The van der Waals surface area contributed by atoms with E-state index in [1.165, 1.54) is 0 Å². The van der Waals surface area contributed by atoms with E-state index in [9.17, 15) is 14.4 Å². The zero-order valence-electron chi connectivity index (χ0n) is 14.0. The number of fused-ring (bicyclic) bond motifs is 1. The number of likely N-dealkylation sites (tertiary alicyclic amines) is 1. The van der Waals surface area contributed by atoms with Gasteiger partial charge in [-0.1, -0.05) is 35.3 Å². The number of Topliss-reactive ketones (excluding diaryl/α,β-unsaturated/α-hetero) is 1. The van der Waals surface area contributed by atoms with E-state index in [1.807, 2.05) is 13.0 Å². The predicted octanol–water partition coefficient (Wildman–Crippen LogP) is 1.92. The Kier molecular flexibility index (Phi) is 5.54. The van der Waals surface area contributed by atoms with Gasteiger partial charge in [-0.15, -0.1) is 0 Å². The molecule has 6 nitrogen and oxygen atoms in total. The Morgan fingerprint density at radius 3 is 2.96 bits per heavy atom. The second kappa shape index (κ2) is 7.66. The van der Waals surface area contributed by atoms with Gasteiger partial charge in [-0.05, 0) is 31.0 Å². The van der Waals surface area contributed by atoms with Gasteiger partial charge in [0.2, 0.25) is 5.91 Å². The van der Waals surface area contributed by atoms with Gasteiger partial charge in [-0.25, -0.2) is 0 Å². The summed E-state index contributed by atoms with van der Waals surface area (Å²) in [6.07, 6.45) is 1.75. The number of carbonyl (C=O) groups is 3. The Hall–Kier alpha value is -1.73. The molecular formula is C18H21BrN2O4. The van der Waals surface area contributed by atoms with Crippen molar-refractivity contribution in [3.8, 4) is 0 Å². The van der Waals surface area contributed by atoms with Gasteiger partial charge in [-0.3, -0.25) is 14.4 Å². The van der Waals surface area contributed by atoms with Crippen molar-refractivity contribution >= 4 is 33.5 Å². The number of ether oxygens (including phenoxy) is 1. The molecule has 1 aromatic rings. The van der Waals surface area contributed by atoms with Crippen LogP contribution in [0.15, 0.2) is 28.7 Å². The Morgan fingerprint density at radius 2 is 2.24 bits per heavy atom. The summed E-state index contributed by atoms with van der Waals surface area (Å²) < 4.78 is 6.24. The molecule has 2 amide bonds. The van der Waals surface area contributed by atoms with Crippen LogP contribution in [0.4, 0.5) is 0 Å². The lowest BCUT2D eigenvalue weighted by Gasteiger charge is -2.27. The molecular weight excluding hydrogens is 388 g/mol. The molecule has 3 rings (SSSR count). The van der Waals surface area contributed by atoms with Gasteiger partial charge >= 0.3 is 0 Å². The van der Waals surface area contributed by atoms with Crippen LogP contribution in [0, 0.1) is 0 Å². The highest BCUT2D eigenvalue weighted by Gasteiger charge is 2.47. The van der Waals surface area contributed by atoms with E-state index in [0.717, 1.165) is 10.9 Å². The minimum atomic E-state index is -0.636. The first-order chi connectivity index (χ1) is 12.0. The van der Waals surface area contributed by atoms with E-state index in [-0.39, 0.29) is 30.3 Å². The second-order valence-electron chi connectivity index (χ2n) is 6.41. The minimum absolute atomic E-state index is 0.0515. The first-order valence-electron chi connectivity index (χ1n) is 8.52. The molecule has 134 valence electrons. The second-order valence-corrected chi connectivity index (χ2v) is 7.32. The van der Waals surface area contributed by atoms with Crippen molar-refractivity contribution < 1.29 is 19.1 Å². The van der Waals surface area contributed by atoms with Crippen LogP contribution in [0.1, 0.15) is 36.5 Å². The molecule has 2 aliphatic heterocycles. The normalized spacial score (nSPS) is 23.4. The minimum Gasteiger partial charge on any atom is -0.368 e. The number of benzene rings is 1. The number of hydrogen-bond donors (Lipinski definition) is 1. The standard InChI is InChI=1S/C18H21BrN2O4/c1-2-4-13(20-17(23)11-5-3-6-12(19)9-11)18(24)21-8-7-15-16(21)14(22)10-25-15/h3,5-6,9,13,15-16H,2,4,7-8,10H2,1H3,(H,20,23). The Morgan fingerprint density at radius 1 is 1.44 bits per heavy atom. The Labute approximate surface area is 155 Å². The fraction of sp³-hybridized carbons (Fsp3) is 0.500. The summed E-state index contributed by atoms with van der Waals surface area (Å²) in [6, 6.07) is 5.89. The van der Waals surface area contributed by atoms with Gasteiger partial charge in [0.25, 0.3) is 5.91 Å². The largest absolute Gasteiger partial charge is 0.368 e. The van der Waals surface area contributed by atoms with Gasteiger partial charge in [0.15, 0.2) is 5.78 Å². The van der Waals surface area contributed by atoms with E-state index in [2.05, 4.69) is 21.2 Å². The average Bonchev–Trinajstić information content (AvgIpc) is 3.17. The monoisotopic (exact) mass is 408 g/mol. The van der Waals surface area contributed by atoms with Crippen molar-refractivity contribution in [2.75, 3.05) is 13.2 Å². The average molecular weight is 409 g/mol. The van der Waals surface area contributed by atoms with Gasteiger partial charge < -0.3 is 15.0 Å². The van der Waals surface area contributed by atoms with Gasteiger partial charge in [0, 0.05) is 16.6 Å². The molecule has 0 spiro atoms. The quantitative estimate of drug-likeness (QED) is 0.807. The third-order valence-corrected chi connectivity index (χ3v) is 5.16. The number of carbonyl (C=O) groups excluding carboxylic acids is 3. The van der Waals surface area contributed by atoms with Gasteiger partial charge in [-0.2, -0.15) is 0 Å². The van der Waals surface area contributed by atoms with Crippen LogP contribution in [0.25, 0.3) is 0 Å². The lowest BCUT2D eigenvalue weighted by atomic mass is 10.1. The van der Waals surface area contributed by atoms with Crippen molar-refractivity contribution in [3.63, 3.8) is 0 Å². The molecule has 1 aromatic carbocycles. The molecule has 3 unspecified atom stereocenters. The maximum atomic E-state index is 13.0. The van der Waals surface area contributed by atoms with Crippen molar-refractivity contribution in [3.05, 3.63) is 34.3 Å². The van der Waals surface area contributed by atoms with Gasteiger partial charge in [0.1, 0.15) is 18.7 Å². The highest BCUT2D eigenvalue weighted by molar-refractivity contribution is 9.10. The highest BCUT2D eigenvalue weighted by Crippen LogP contribution is 2.28. The summed E-state index contributed by atoms with van der Waals surface area (Å²) in [5.74, 6) is -0.543. The van der Waals surface area contributed by atoms with Crippen LogP contribution >= 0.6 is 15.9 Å². The Balaban J connectivity index is 1.73. The fourth-order valence-corrected chi connectivity index (χ4v) is 3.86. The van der Waals surface area contributed by atoms with Crippen molar-refractivity contribution in [2.45, 2.75) is 44.4 Å². The third kappa shape index (κ3) is 3.77. The number of rotatable bonds is 5. The first-order valence-corrected chi connectivity index (χ1v) is 9.31. The smallest absolute Gasteiger partial charge is 0.251 e. The van der Waals surface area contributed by atoms with E-state index >= 15 is 0 Å². The predicted molar refractivity (Wildman–Crippen MR) is 95.2 cm³/mol. The highest BCUT2D eigenvalue weighted by atomic mass is 79.9. The molecule has 0 saturated carbocycles. The maximum Gasteiger partial charge on any atom is 0.251 e. The summed E-state index contributed by atoms with van der Waals surface area (Å²) in [5.41, 5.74) is 0.489. The number of amides is 2. The number of hydrogen-bond acceptors (Lipinski definition) is 4. The molecule has 2 heterocycles. The zero-order chi connectivity index (χ0) is 18.0. The molecule has 2 aliphatic rings. The van der Waals surface area contributed by atoms with E-state index in [1.54, 1.807) is 23.1 Å². The molecule has 0 radical (unpaired) electrons. The lowest BCUT2D eigenvalue weighted by Crippen LogP contribution is -2.52. The van der Waals surface area contributed by atoms with Gasteiger partial charge in [0.05, 0.1) is 6.10 Å². The molecule has 2 saturated heterocycles. The first kappa shape index (κ1) is 18.1. The van der Waals surface area contributed by atoms with Crippen molar-refractivity contribution in [2.24, 2.45) is 0 Å². The summed E-state index contributed by atoms with van der Waals surface area (Å²) >= 11 is 3.34. The molecule has 0 aliphatic carbocycles. The SMILES string of the molecule is CCCC(NC(=O)c1cccc(Br)c1)C(=O)N1CCC2OCC(=O)C21. The summed E-state index contributed by atoms with van der Waals surface area (Å²) in [4.78, 5) is 39.1. The third-order valence-electron chi connectivity index (χ3n) is 4.66. The molecule has 25 heavy (non-hydrogen) atoms. The lowest BCUT2D eigenvalue weighted by molar-refractivity contribution is -0.138. The number of ketones is 1. The Bertz CT molecular complexity index is 693. The molecule has 2 fully saturated rings. The van der Waals surface area contributed by atoms with Crippen LogP contribution < -0.4 is 5.32 Å². The van der Waals surface area contributed by atoms with Crippen LogP contribution in [0.2, 0.25) is 0 Å².